The quantitative estimate of drug-likeness (QED) is 0.274. The van der Waals surface area contributed by atoms with E-state index in [1.54, 1.807) is 12.1 Å². The zero-order chi connectivity index (χ0) is 17.9. The molecule has 1 fully saturated rings. The van der Waals surface area contributed by atoms with Crippen molar-refractivity contribution in [3.05, 3.63) is 42.5 Å². The Morgan fingerprint density at radius 2 is 1.96 bits per heavy atom. The number of hydrazone groups is 1. The molecule has 2 rings (SSSR count). The molecule has 0 bridgehead atoms. The van der Waals surface area contributed by atoms with Crippen LogP contribution in [0.1, 0.15) is 44.1 Å². The molecular weight excluding hydrogens is 318 g/mol. The Labute approximate surface area is 148 Å². The van der Waals surface area contributed by atoms with Gasteiger partial charge in [0.2, 0.25) is 0 Å². The maximum absolute atomic E-state index is 11.9. The van der Waals surface area contributed by atoms with E-state index in [2.05, 4.69) is 22.4 Å². The molecule has 1 aliphatic rings. The number of ether oxygens (including phenoxy) is 1. The maximum atomic E-state index is 11.9. The van der Waals surface area contributed by atoms with Crippen LogP contribution in [0.5, 0.6) is 5.75 Å². The van der Waals surface area contributed by atoms with Gasteiger partial charge in [-0.15, -0.1) is 0 Å². The number of hydrogen-bond donors (Lipinski definition) is 2. The molecule has 1 aliphatic carbocycles. The SMILES string of the molecule is C=CCOc1cccc(/C=N\NC(=O)C(=O)NC2CCCCCC2)c1. The molecule has 134 valence electrons. The van der Waals surface area contributed by atoms with Gasteiger partial charge in [0.1, 0.15) is 12.4 Å². The minimum Gasteiger partial charge on any atom is -0.490 e. The van der Waals surface area contributed by atoms with Crippen molar-refractivity contribution in [2.75, 3.05) is 6.61 Å². The zero-order valence-corrected chi connectivity index (χ0v) is 14.4. The number of carbonyl (C=O) groups is 2. The summed E-state index contributed by atoms with van der Waals surface area (Å²) >= 11 is 0. The Morgan fingerprint density at radius 1 is 1.20 bits per heavy atom. The standard InChI is InChI=1S/C19H25N3O3/c1-2-12-25-17-11-7-8-15(13-17)14-20-22-19(24)18(23)21-16-9-5-3-4-6-10-16/h2,7-8,11,13-14,16H,1,3-6,9-10,12H2,(H,21,23)(H,22,24)/b20-14-. The molecule has 1 aromatic carbocycles. The molecule has 2 amide bonds. The fourth-order valence-electron chi connectivity index (χ4n) is 2.73. The van der Waals surface area contributed by atoms with Crippen LogP contribution >= 0.6 is 0 Å². The fourth-order valence-corrected chi connectivity index (χ4v) is 2.73. The van der Waals surface area contributed by atoms with Crippen molar-refractivity contribution >= 4 is 18.0 Å². The molecule has 0 spiro atoms. The summed E-state index contributed by atoms with van der Waals surface area (Å²) in [4.78, 5) is 23.7. The second kappa shape index (κ2) is 10.3. The van der Waals surface area contributed by atoms with Crippen LogP contribution in [0, 0.1) is 0 Å². The first-order valence-corrected chi connectivity index (χ1v) is 8.66. The molecule has 6 heteroatoms. The first kappa shape index (κ1) is 18.7. The van der Waals surface area contributed by atoms with E-state index >= 15 is 0 Å². The highest BCUT2D eigenvalue weighted by molar-refractivity contribution is 6.35. The van der Waals surface area contributed by atoms with E-state index < -0.39 is 11.8 Å². The van der Waals surface area contributed by atoms with Crippen LogP contribution in [-0.2, 0) is 9.59 Å². The lowest BCUT2D eigenvalue weighted by molar-refractivity contribution is -0.139. The summed E-state index contributed by atoms with van der Waals surface area (Å²) in [6.07, 6.45) is 9.56. The van der Waals surface area contributed by atoms with E-state index in [9.17, 15) is 9.59 Å². The molecule has 1 aromatic rings. The van der Waals surface area contributed by atoms with Crippen LogP contribution in [0.2, 0.25) is 0 Å². The molecular formula is C19H25N3O3. The van der Waals surface area contributed by atoms with Gasteiger partial charge in [-0.3, -0.25) is 9.59 Å². The van der Waals surface area contributed by atoms with E-state index in [-0.39, 0.29) is 6.04 Å². The van der Waals surface area contributed by atoms with Crippen LogP contribution in [0.15, 0.2) is 42.0 Å². The molecule has 0 radical (unpaired) electrons. The Hall–Kier alpha value is -2.63. The van der Waals surface area contributed by atoms with Gasteiger partial charge in [0.05, 0.1) is 6.21 Å². The predicted octanol–water partition coefficient (Wildman–Crippen LogP) is 2.54. The Morgan fingerprint density at radius 3 is 2.68 bits per heavy atom. The third-order valence-electron chi connectivity index (χ3n) is 4.00. The molecule has 0 aromatic heterocycles. The van der Waals surface area contributed by atoms with Crippen molar-refractivity contribution in [2.24, 2.45) is 5.10 Å². The second-order valence-electron chi connectivity index (χ2n) is 6.03. The third-order valence-corrected chi connectivity index (χ3v) is 4.00. The van der Waals surface area contributed by atoms with Gasteiger partial charge in [0.25, 0.3) is 0 Å². The summed E-state index contributed by atoms with van der Waals surface area (Å²) in [6.45, 7) is 4.01. The van der Waals surface area contributed by atoms with Crippen molar-refractivity contribution in [1.29, 1.82) is 0 Å². The van der Waals surface area contributed by atoms with Gasteiger partial charge in [-0.1, -0.05) is 50.5 Å². The van der Waals surface area contributed by atoms with Gasteiger partial charge in [-0.2, -0.15) is 5.10 Å². The summed E-state index contributed by atoms with van der Waals surface area (Å²) in [6, 6.07) is 7.33. The summed E-state index contributed by atoms with van der Waals surface area (Å²) in [5, 5.41) is 6.62. The number of nitrogens with one attached hydrogen (secondary N) is 2. The Balaban J connectivity index is 1.80. The highest BCUT2D eigenvalue weighted by atomic mass is 16.5. The number of benzene rings is 1. The van der Waals surface area contributed by atoms with Crippen molar-refractivity contribution < 1.29 is 14.3 Å². The molecule has 2 N–H and O–H groups in total. The van der Waals surface area contributed by atoms with E-state index in [0.29, 0.717) is 12.4 Å². The van der Waals surface area contributed by atoms with Gasteiger partial charge in [0, 0.05) is 6.04 Å². The predicted molar refractivity (Wildman–Crippen MR) is 97.5 cm³/mol. The fraction of sp³-hybridized carbons (Fsp3) is 0.421. The van der Waals surface area contributed by atoms with E-state index in [1.165, 1.54) is 19.1 Å². The van der Waals surface area contributed by atoms with Crippen LogP contribution < -0.4 is 15.5 Å². The van der Waals surface area contributed by atoms with Crippen molar-refractivity contribution in [1.82, 2.24) is 10.7 Å². The number of hydrogen-bond acceptors (Lipinski definition) is 4. The van der Waals surface area contributed by atoms with E-state index in [4.69, 9.17) is 4.74 Å². The molecule has 0 aliphatic heterocycles. The van der Waals surface area contributed by atoms with Gasteiger partial charge in [0.15, 0.2) is 0 Å². The number of rotatable bonds is 6. The lowest BCUT2D eigenvalue weighted by atomic mass is 10.1. The van der Waals surface area contributed by atoms with Crippen molar-refractivity contribution in [3.63, 3.8) is 0 Å². The summed E-state index contributed by atoms with van der Waals surface area (Å²) in [7, 11) is 0. The van der Waals surface area contributed by atoms with Crippen LogP contribution in [0.3, 0.4) is 0 Å². The van der Waals surface area contributed by atoms with Gasteiger partial charge >= 0.3 is 11.8 Å². The third kappa shape index (κ3) is 6.79. The largest absolute Gasteiger partial charge is 0.490 e. The molecule has 0 atom stereocenters. The summed E-state index contributed by atoms with van der Waals surface area (Å²) in [5.41, 5.74) is 3.02. The molecule has 1 saturated carbocycles. The molecule has 25 heavy (non-hydrogen) atoms. The Kier molecular flexibility index (Phi) is 7.69. The van der Waals surface area contributed by atoms with Gasteiger partial charge in [-0.05, 0) is 30.5 Å². The number of nitrogens with zero attached hydrogens (tertiary/aromatic N) is 1. The highest BCUT2D eigenvalue weighted by Gasteiger charge is 2.19. The normalized spacial score (nSPS) is 15.4. The average Bonchev–Trinajstić information content (AvgIpc) is 2.89. The lowest BCUT2D eigenvalue weighted by Gasteiger charge is -2.14. The molecule has 0 heterocycles. The van der Waals surface area contributed by atoms with Crippen LogP contribution in [0.25, 0.3) is 0 Å². The number of carbonyl (C=O) groups excluding carboxylic acids is 2. The monoisotopic (exact) mass is 343 g/mol. The van der Waals surface area contributed by atoms with Crippen molar-refractivity contribution in [2.45, 2.75) is 44.6 Å². The van der Waals surface area contributed by atoms with Crippen molar-refractivity contribution in [3.8, 4) is 5.75 Å². The smallest absolute Gasteiger partial charge is 0.329 e. The summed E-state index contributed by atoms with van der Waals surface area (Å²) in [5.74, 6) is -0.701. The zero-order valence-electron chi connectivity index (χ0n) is 14.4. The van der Waals surface area contributed by atoms with Gasteiger partial charge < -0.3 is 10.1 Å². The second-order valence-corrected chi connectivity index (χ2v) is 6.03. The first-order chi connectivity index (χ1) is 12.2. The minimum atomic E-state index is -0.750. The minimum absolute atomic E-state index is 0.0865. The lowest BCUT2D eigenvalue weighted by Crippen LogP contribution is -2.43. The number of amides is 2. The van der Waals surface area contributed by atoms with Gasteiger partial charge in [-0.25, -0.2) is 5.43 Å². The highest BCUT2D eigenvalue weighted by Crippen LogP contribution is 2.17. The molecule has 0 unspecified atom stereocenters. The molecule has 0 saturated heterocycles. The summed E-state index contributed by atoms with van der Waals surface area (Å²) < 4.78 is 5.43. The maximum Gasteiger partial charge on any atom is 0.329 e. The van der Waals surface area contributed by atoms with Crippen LogP contribution in [0.4, 0.5) is 0 Å². The average molecular weight is 343 g/mol. The van der Waals surface area contributed by atoms with E-state index in [0.717, 1.165) is 31.2 Å². The van der Waals surface area contributed by atoms with Crippen LogP contribution in [-0.4, -0.2) is 30.7 Å². The first-order valence-electron chi connectivity index (χ1n) is 8.66. The molecule has 6 nitrogen and oxygen atoms in total. The Bertz CT molecular complexity index is 620. The topological polar surface area (TPSA) is 79.8 Å². The van der Waals surface area contributed by atoms with E-state index in [1.807, 2.05) is 18.2 Å².